The number of halogens is 1. The highest BCUT2D eigenvalue weighted by molar-refractivity contribution is 6.31. The summed E-state index contributed by atoms with van der Waals surface area (Å²) < 4.78 is 5.73. The highest BCUT2D eigenvalue weighted by atomic mass is 35.5. The molecule has 0 unspecified atom stereocenters. The van der Waals surface area contributed by atoms with E-state index in [0.29, 0.717) is 24.5 Å². The van der Waals surface area contributed by atoms with Gasteiger partial charge in [0.05, 0.1) is 11.1 Å². The van der Waals surface area contributed by atoms with E-state index in [4.69, 9.17) is 16.3 Å². The third-order valence-corrected chi connectivity index (χ3v) is 4.83. The van der Waals surface area contributed by atoms with Crippen molar-refractivity contribution in [2.45, 2.75) is 20.8 Å². The molecule has 2 aromatic heterocycles. The summed E-state index contributed by atoms with van der Waals surface area (Å²) in [5, 5.41) is 0.137. The van der Waals surface area contributed by atoms with Crippen LogP contribution in [0.3, 0.4) is 0 Å². The molecule has 2 heterocycles. The average molecular weight is 398 g/mol. The molecule has 3 rings (SSSR count). The molecule has 7 heteroatoms. The molecule has 1 N–H and O–H groups in total. The van der Waals surface area contributed by atoms with Crippen molar-refractivity contribution in [1.82, 2.24) is 15.0 Å². The predicted octanol–water partition coefficient (Wildman–Crippen LogP) is 4.60. The third kappa shape index (κ3) is 4.28. The zero-order valence-electron chi connectivity index (χ0n) is 15.8. The van der Waals surface area contributed by atoms with Crippen LogP contribution in [0.2, 0.25) is 5.15 Å². The Hall–Kier alpha value is -2.99. The number of carbonyl (C=O) groups is 2. The molecule has 0 aliphatic heterocycles. The van der Waals surface area contributed by atoms with Gasteiger partial charge in [0, 0.05) is 17.3 Å². The smallest absolute Gasteiger partial charge is 0.169 e. The van der Waals surface area contributed by atoms with Crippen molar-refractivity contribution in [3.63, 3.8) is 0 Å². The minimum atomic E-state index is -0.519. The molecule has 0 fully saturated rings. The van der Waals surface area contributed by atoms with E-state index in [2.05, 4.69) is 15.0 Å². The summed E-state index contributed by atoms with van der Waals surface area (Å²) in [4.78, 5) is 33.9. The van der Waals surface area contributed by atoms with E-state index in [9.17, 15) is 9.59 Å². The van der Waals surface area contributed by atoms with Crippen molar-refractivity contribution in [2.24, 2.45) is 5.41 Å². The minimum absolute atomic E-state index is 0.0894. The number of Topliss-reactive ketones (excluding diaryl/α,β-unsaturated/α-hetero) is 1. The third-order valence-electron chi connectivity index (χ3n) is 4.54. The number of nitrogens with zero attached hydrogens (tertiary/aromatic N) is 2. The van der Waals surface area contributed by atoms with Crippen molar-refractivity contribution >= 4 is 23.7 Å². The molecule has 144 valence electrons. The molecular weight excluding hydrogens is 378 g/mol. The van der Waals surface area contributed by atoms with Crippen molar-refractivity contribution in [2.75, 3.05) is 6.61 Å². The van der Waals surface area contributed by atoms with E-state index in [-0.39, 0.29) is 16.6 Å². The van der Waals surface area contributed by atoms with Crippen LogP contribution in [-0.4, -0.2) is 33.6 Å². The number of ketones is 1. The number of pyridine rings is 1. The number of aldehydes is 1. The van der Waals surface area contributed by atoms with Gasteiger partial charge in [-0.15, -0.1) is 0 Å². The van der Waals surface area contributed by atoms with Crippen LogP contribution >= 0.6 is 11.6 Å². The lowest BCUT2D eigenvalue weighted by atomic mass is 9.90. The molecule has 0 aliphatic carbocycles. The highest BCUT2D eigenvalue weighted by Gasteiger charge is 2.24. The standard InChI is InChI=1S/C21H20ClN3O3/c1-13(27)21(2,3)12-28-16-7-4-14(5-8-16)17-9-6-15(10-23-17)20-24-18(11-26)19(22)25-20/h4-11H,12H2,1-3H3,(H,24,25). The number of hydrogen-bond acceptors (Lipinski definition) is 5. The Labute approximate surface area is 167 Å². The van der Waals surface area contributed by atoms with Crippen LogP contribution in [0.25, 0.3) is 22.6 Å². The Morgan fingerprint density at radius 2 is 1.86 bits per heavy atom. The lowest BCUT2D eigenvalue weighted by molar-refractivity contribution is -0.126. The van der Waals surface area contributed by atoms with Crippen LogP contribution in [0.4, 0.5) is 0 Å². The van der Waals surface area contributed by atoms with Crippen LogP contribution < -0.4 is 4.74 Å². The van der Waals surface area contributed by atoms with E-state index in [1.165, 1.54) is 0 Å². The fraction of sp³-hybridized carbons (Fsp3) is 0.238. The van der Waals surface area contributed by atoms with Gasteiger partial charge in [-0.1, -0.05) is 11.6 Å². The fourth-order valence-corrected chi connectivity index (χ4v) is 2.55. The van der Waals surface area contributed by atoms with Gasteiger partial charge in [0.2, 0.25) is 0 Å². The Morgan fingerprint density at radius 1 is 1.18 bits per heavy atom. The second-order valence-electron chi connectivity index (χ2n) is 7.09. The zero-order valence-corrected chi connectivity index (χ0v) is 16.6. The Balaban J connectivity index is 1.72. The number of benzene rings is 1. The molecule has 1 aromatic carbocycles. The van der Waals surface area contributed by atoms with Gasteiger partial charge in [-0.25, -0.2) is 4.98 Å². The lowest BCUT2D eigenvalue weighted by Gasteiger charge is -2.21. The Morgan fingerprint density at radius 3 is 2.39 bits per heavy atom. The van der Waals surface area contributed by atoms with Crippen LogP contribution in [-0.2, 0) is 4.79 Å². The average Bonchev–Trinajstić information content (AvgIpc) is 3.07. The van der Waals surface area contributed by atoms with Gasteiger partial charge < -0.3 is 9.72 Å². The number of H-pyrrole nitrogens is 1. The number of carbonyl (C=O) groups excluding carboxylic acids is 2. The molecule has 0 spiro atoms. The first kappa shape index (κ1) is 19.8. The summed E-state index contributed by atoms with van der Waals surface area (Å²) in [6.45, 7) is 5.61. The molecule has 0 radical (unpaired) electrons. The maximum Gasteiger partial charge on any atom is 0.169 e. The minimum Gasteiger partial charge on any atom is -0.493 e. The van der Waals surface area contributed by atoms with Crippen molar-refractivity contribution in [3.05, 3.63) is 53.4 Å². The van der Waals surface area contributed by atoms with Crippen LogP contribution in [0.15, 0.2) is 42.6 Å². The van der Waals surface area contributed by atoms with Crippen molar-refractivity contribution in [3.8, 4) is 28.4 Å². The maximum atomic E-state index is 11.6. The summed E-state index contributed by atoms with van der Waals surface area (Å²) >= 11 is 5.88. The molecule has 0 aliphatic rings. The fourth-order valence-electron chi connectivity index (χ4n) is 2.37. The van der Waals surface area contributed by atoms with Crippen molar-refractivity contribution < 1.29 is 14.3 Å². The largest absolute Gasteiger partial charge is 0.493 e. The molecule has 3 aromatic rings. The quantitative estimate of drug-likeness (QED) is 0.589. The van der Waals surface area contributed by atoms with Gasteiger partial charge in [0.25, 0.3) is 0 Å². The van der Waals surface area contributed by atoms with Gasteiger partial charge in [-0.3, -0.25) is 14.6 Å². The van der Waals surface area contributed by atoms with Crippen molar-refractivity contribution in [1.29, 1.82) is 0 Å². The Bertz CT molecular complexity index is 993. The normalized spacial score (nSPS) is 11.3. The number of ether oxygens (including phenoxy) is 1. The second kappa shape index (κ2) is 7.94. The molecule has 0 saturated carbocycles. The number of aromatic nitrogens is 3. The Kier molecular flexibility index (Phi) is 5.61. The predicted molar refractivity (Wildman–Crippen MR) is 108 cm³/mol. The maximum absolute atomic E-state index is 11.6. The second-order valence-corrected chi connectivity index (χ2v) is 7.45. The molecule has 0 bridgehead atoms. The van der Waals surface area contributed by atoms with Crippen LogP contribution in [0.1, 0.15) is 31.3 Å². The van der Waals surface area contributed by atoms with E-state index in [1.54, 1.807) is 13.1 Å². The molecular formula is C21H20ClN3O3. The van der Waals surface area contributed by atoms with Gasteiger partial charge in [0.15, 0.2) is 11.4 Å². The van der Waals surface area contributed by atoms with E-state index in [1.807, 2.05) is 50.2 Å². The van der Waals surface area contributed by atoms with E-state index in [0.717, 1.165) is 16.8 Å². The topological polar surface area (TPSA) is 84.9 Å². The van der Waals surface area contributed by atoms with E-state index >= 15 is 0 Å². The molecule has 0 atom stereocenters. The van der Waals surface area contributed by atoms with Gasteiger partial charge in [-0.05, 0) is 57.2 Å². The highest BCUT2D eigenvalue weighted by Crippen LogP contribution is 2.25. The number of nitrogens with one attached hydrogen (secondary N) is 1. The molecule has 0 saturated heterocycles. The summed E-state index contributed by atoms with van der Waals surface area (Å²) in [5.41, 5.74) is 2.16. The molecule has 28 heavy (non-hydrogen) atoms. The number of hydrogen-bond donors (Lipinski definition) is 1. The summed E-state index contributed by atoms with van der Waals surface area (Å²) in [5.74, 6) is 1.27. The first-order chi connectivity index (χ1) is 13.3. The van der Waals surface area contributed by atoms with Gasteiger partial charge >= 0.3 is 0 Å². The zero-order chi connectivity index (χ0) is 20.3. The first-order valence-corrected chi connectivity index (χ1v) is 9.09. The summed E-state index contributed by atoms with van der Waals surface area (Å²) in [6, 6.07) is 11.2. The number of rotatable bonds is 7. The van der Waals surface area contributed by atoms with E-state index < -0.39 is 5.41 Å². The summed E-state index contributed by atoms with van der Waals surface area (Å²) in [7, 11) is 0. The number of imidazole rings is 1. The van der Waals surface area contributed by atoms with Gasteiger partial charge in [-0.2, -0.15) is 0 Å². The molecule has 0 amide bonds. The SMILES string of the molecule is CC(=O)C(C)(C)COc1ccc(-c2ccc(-c3nc(Cl)c(C=O)[nH]3)cn2)cc1. The molecule has 6 nitrogen and oxygen atoms in total. The van der Waals surface area contributed by atoms with Crippen LogP contribution in [0.5, 0.6) is 5.75 Å². The lowest BCUT2D eigenvalue weighted by Crippen LogP contribution is -2.28. The number of aromatic amines is 1. The van der Waals surface area contributed by atoms with Crippen LogP contribution in [0, 0.1) is 5.41 Å². The van der Waals surface area contributed by atoms with Gasteiger partial charge in [0.1, 0.15) is 29.7 Å². The monoisotopic (exact) mass is 397 g/mol. The summed E-state index contributed by atoms with van der Waals surface area (Å²) in [6.07, 6.45) is 2.29. The first-order valence-electron chi connectivity index (χ1n) is 8.71.